The van der Waals surface area contributed by atoms with Crippen molar-refractivity contribution in [3.63, 3.8) is 0 Å². The molecule has 1 aliphatic rings. The number of carbonyl (C=O) groups is 1. The van der Waals surface area contributed by atoms with E-state index in [4.69, 9.17) is 16.3 Å². The van der Waals surface area contributed by atoms with Gasteiger partial charge in [-0.2, -0.15) is 4.98 Å². The third-order valence-electron chi connectivity index (χ3n) is 4.18. The van der Waals surface area contributed by atoms with Gasteiger partial charge in [-0.3, -0.25) is 0 Å². The minimum absolute atomic E-state index is 0.151. The molecule has 0 spiro atoms. The van der Waals surface area contributed by atoms with Crippen molar-refractivity contribution < 1.29 is 9.53 Å². The summed E-state index contributed by atoms with van der Waals surface area (Å²) in [6.07, 6.45) is 4.63. The molecule has 3 heterocycles. The molecule has 5 nitrogen and oxygen atoms in total. The van der Waals surface area contributed by atoms with E-state index >= 15 is 0 Å². The summed E-state index contributed by atoms with van der Waals surface area (Å²) in [5, 5.41) is 1.16. The van der Waals surface area contributed by atoms with Crippen LogP contribution in [0.2, 0.25) is 5.28 Å². The van der Waals surface area contributed by atoms with Crippen molar-refractivity contribution in [3.8, 4) is 0 Å². The van der Waals surface area contributed by atoms with E-state index in [-0.39, 0.29) is 17.4 Å². The van der Waals surface area contributed by atoms with Crippen LogP contribution >= 0.6 is 22.9 Å². The Bertz CT molecular complexity index is 752. The van der Waals surface area contributed by atoms with Crippen molar-refractivity contribution in [2.45, 2.75) is 52.6 Å². The van der Waals surface area contributed by atoms with E-state index in [1.165, 1.54) is 24.2 Å². The van der Waals surface area contributed by atoms with Gasteiger partial charge in [0, 0.05) is 13.1 Å². The van der Waals surface area contributed by atoms with Crippen LogP contribution in [0, 0.1) is 6.92 Å². The molecule has 130 valence electrons. The Labute approximate surface area is 151 Å². The second-order valence-corrected chi connectivity index (χ2v) is 7.75. The molecule has 3 rings (SSSR count). The predicted molar refractivity (Wildman–Crippen MR) is 98.4 cm³/mol. The summed E-state index contributed by atoms with van der Waals surface area (Å²) >= 11 is 7.49. The first kappa shape index (κ1) is 17.4. The zero-order valence-electron chi connectivity index (χ0n) is 14.3. The molecule has 2 aromatic rings. The maximum Gasteiger partial charge on any atom is 0.348 e. The molecular weight excluding hydrogens is 346 g/mol. The number of esters is 1. The van der Waals surface area contributed by atoms with Crippen LogP contribution in [0.1, 0.15) is 54.8 Å². The van der Waals surface area contributed by atoms with E-state index in [0.29, 0.717) is 4.88 Å². The third kappa shape index (κ3) is 3.49. The first-order valence-corrected chi connectivity index (χ1v) is 9.59. The number of nitrogens with zero attached hydrogens (tertiary/aromatic N) is 3. The molecule has 0 radical (unpaired) electrons. The number of carbonyl (C=O) groups excluding carboxylic acids is 1. The van der Waals surface area contributed by atoms with Crippen LogP contribution in [0.5, 0.6) is 0 Å². The first-order valence-electron chi connectivity index (χ1n) is 8.40. The number of hydrogen-bond acceptors (Lipinski definition) is 6. The highest BCUT2D eigenvalue weighted by atomic mass is 35.5. The summed E-state index contributed by atoms with van der Waals surface area (Å²) in [6, 6.07) is 0. The Morgan fingerprint density at radius 3 is 2.50 bits per heavy atom. The topological polar surface area (TPSA) is 55.3 Å². The summed E-state index contributed by atoms with van der Waals surface area (Å²) in [7, 11) is 0. The lowest BCUT2D eigenvalue weighted by Crippen LogP contribution is -2.25. The fraction of sp³-hybridized carbons (Fsp3) is 0.588. The smallest absolute Gasteiger partial charge is 0.348 e. The number of halogens is 1. The quantitative estimate of drug-likeness (QED) is 0.586. The predicted octanol–water partition coefficient (Wildman–Crippen LogP) is 4.60. The molecule has 1 fully saturated rings. The fourth-order valence-corrected chi connectivity index (χ4v) is 4.34. The molecule has 24 heavy (non-hydrogen) atoms. The van der Waals surface area contributed by atoms with Crippen LogP contribution in [0.25, 0.3) is 10.2 Å². The molecule has 0 bridgehead atoms. The zero-order valence-corrected chi connectivity index (χ0v) is 15.8. The third-order valence-corrected chi connectivity index (χ3v) is 5.51. The van der Waals surface area contributed by atoms with Crippen molar-refractivity contribution in [2.24, 2.45) is 0 Å². The molecule has 0 saturated carbocycles. The summed E-state index contributed by atoms with van der Waals surface area (Å²) < 4.78 is 5.36. The number of anilines is 1. The maximum atomic E-state index is 12.4. The zero-order chi connectivity index (χ0) is 17.3. The van der Waals surface area contributed by atoms with Gasteiger partial charge in [-0.25, -0.2) is 9.78 Å². The SMILES string of the molecule is Cc1c(C(=O)OC(C)C)sc2nc(Cl)nc(N3CCCCCC3)c12. The molecule has 0 unspecified atom stereocenters. The Balaban J connectivity index is 2.09. The van der Waals surface area contributed by atoms with Gasteiger partial charge in [0.05, 0.1) is 11.5 Å². The number of hydrogen-bond donors (Lipinski definition) is 0. The Kier molecular flexibility index (Phi) is 5.25. The molecule has 0 N–H and O–H groups in total. The van der Waals surface area contributed by atoms with Gasteiger partial charge in [-0.15, -0.1) is 11.3 Å². The van der Waals surface area contributed by atoms with Gasteiger partial charge in [0.2, 0.25) is 5.28 Å². The van der Waals surface area contributed by atoms with Crippen LogP contribution in [0.3, 0.4) is 0 Å². The van der Waals surface area contributed by atoms with Gasteiger partial charge in [-0.05, 0) is 50.8 Å². The van der Waals surface area contributed by atoms with E-state index in [2.05, 4.69) is 14.9 Å². The number of ether oxygens (including phenoxy) is 1. The average molecular weight is 368 g/mol. The molecular formula is C17H22ClN3O2S. The molecule has 0 aliphatic carbocycles. The highest BCUT2D eigenvalue weighted by Gasteiger charge is 2.24. The molecule has 7 heteroatoms. The lowest BCUT2D eigenvalue weighted by Gasteiger charge is -2.22. The summed E-state index contributed by atoms with van der Waals surface area (Å²) in [4.78, 5) is 24.8. The minimum Gasteiger partial charge on any atom is -0.459 e. The number of rotatable bonds is 3. The number of aromatic nitrogens is 2. The second kappa shape index (κ2) is 7.23. The lowest BCUT2D eigenvalue weighted by molar-refractivity contribution is 0.0383. The number of aryl methyl sites for hydroxylation is 1. The lowest BCUT2D eigenvalue weighted by atomic mass is 10.2. The summed E-state index contributed by atoms with van der Waals surface area (Å²) in [5.41, 5.74) is 0.886. The van der Waals surface area contributed by atoms with Gasteiger partial charge in [0.15, 0.2) is 0 Å². The Hall–Kier alpha value is -1.40. The molecule has 1 saturated heterocycles. The highest BCUT2D eigenvalue weighted by molar-refractivity contribution is 7.20. The molecule has 0 aromatic carbocycles. The van der Waals surface area contributed by atoms with Crippen LogP contribution < -0.4 is 4.90 Å². The molecule has 0 amide bonds. The van der Waals surface area contributed by atoms with Crippen molar-refractivity contribution >= 4 is 44.9 Å². The van der Waals surface area contributed by atoms with Crippen molar-refractivity contribution in [1.29, 1.82) is 0 Å². The van der Waals surface area contributed by atoms with Crippen LogP contribution in [-0.2, 0) is 4.74 Å². The number of thiophene rings is 1. The maximum absolute atomic E-state index is 12.4. The number of fused-ring (bicyclic) bond motifs is 1. The van der Waals surface area contributed by atoms with Crippen LogP contribution in [0.15, 0.2) is 0 Å². The molecule has 0 atom stereocenters. The van der Waals surface area contributed by atoms with E-state index in [1.807, 2.05) is 20.8 Å². The van der Waals surface area contributed by atoms with Crippen molar-refractivity contribution in [2.75, 3.05) is 18.0 Å². The van der Waals surface area contributed by atoms with E-state index in [1.54, 1.807) is 0 Å². The van der Waals surface area contributed by atoms with Gasteiger partial charge < -0.3 is 9.64 Å². The Morgan fingerprint density at radius 2 is 1.88 bits per heavy atom. The normalized spacial score (nSPS) is 15.8. The van der Waals surface area contributed by atoms with Gasteiger partial charge >= 0.3 is 5.97 Å². The van der Waals surface area contributed by atoms with Crippen LogP contribution in [0.4, 0.5) is 5.82 Å². The largest absolute Gasteiger partial charge is 0.459 e. The summed E-state index contributed by atoms with van der Waals surface area (Å²) in [6.45, 7) is 7.56. The van der Waals surface area contributed by atoms with Crippen molar-refractivity contribution in [3.05, 3.63) is 15.7 Å². The second-order valence-electron chi connectivity index (χ2n) is 6.41. The molecule has 1 aliphatic heterocycles. The standard InChI is InChI=1S/C17H22ClN3O2S/c1-10(2)23-16(22)13-11(3)12-14(19-17(18)20-15(12)24-13)21-8-6-4-5-7-9-21/h10H,4-9H2,1-3H3. The van der Waals surface area contributed by atoms with Crippen molar-refractivity contribution in [1.82, 2.24) is 9.97 Å². The van der Waals surface area contributed by atoms with Crippen LogP contribution in [-0.4, -0.2) is 35.1 Å². The van der Waals surface area contributed by atoms with E-state index in [9.17, 15) is 4.79 Å². The first-order chi connectivity index (χ1) is 11.5. The van der Waals surface area contributed by atoms with Gasteiger partial charge in [0.1, 0.15) is 15.5 Å². The van der Waals surface area contributed by atoms with Gasteiger partial charge in [0.25, 0.3) is 0 Å². The highest BCUT2D eigenvalue weighted by Crippen LogP contribution is 2.37. The monoisotopic (exact) mass is 367 g/mol. The average Bonchev–Trinajstić information content (AvgIpc) is 2.71. The Morgan fingerprint density at radius 1 is 1.21 bits per heavy atom. The minimum atomic E-state index is -0.302. The fourth-order valence-electron chi connectivity index (χ4n) is 3.07. The van der Waals surface area contributed by atoms with Gasteiger partial charge in [-0.1, -0.05) is 12.8 Å². The summed E-state index contributed by atoms with van der Waals surface area (Å²) in [5.74, 6) is 0.549. The molecule has 2 aromatic heterocycles. The van der Waals surface area contributed by atoms with E-state index in [0.717, 1.165) is 47.5 Å². The van der Waals surface area contributed by atoms with E-state index < -0.39 is 0 Å².